The van der Waals surface area contributed by atoms with Crippen LogP contribution in [-0.4, -0.2) is 13.7 Å². The van der Waals surface area contributed by atoms with Gasteiger partial charge < -0.3 is 18.1 Å². The molecular formula is C78H49N3O. The van der Waals surface area contributed by atoms with E-state index >= 15 is 0 Å². The number of hydrogen-bond acceptors (Lipinski definition) is 1. The molecule has 0 amide bonds. The number of aromatic nitrogens is 3. The Bertz CT molecular complexity index is 5390. The summed E-state index contributed by atoms with van der Waals surface area (Å²) < 4.78 is 13.9. The SMILES string of the molecule is c1ccc(-c2cccc(-c3cccc(-c4ccc5c(c4)c4cc(-c6ccc7oc8ccc(-n9c%10ccccc%10c%10cc(-n%11c%12ccccc%12c%12cc(-c%13ccccc%13)ccc%12%11)ccc%109)cc8c7c6)ccc4n5-c4ccccc4)c3)c2)cc1. The molecule has 0 N–H and O–H groups in total. The molecule has 382 valence electrons. The molecular weight excluding hydrogens is 995 g/mol. The fraction of sp³-hybridized carbons (Fsp3) is 0. The van der Waals surface area contributed by atoms with E-state index in [0.29, 0.717) is 0 Å². The Morgan fingerprint density at radius 3 is 1.00 bits per heavy atom. The molecule has 0 atom stereocenters. The monoisotopic (exact) mass is 1040 g/mol. The first-order valence-electron chi connectivity index (χ1n) is 28.1. The summed E-state index contributed by atoms with van der Waals surface area (Å²) >= 11 is 0. The van der Waals surface area contributed by atoms with E-state index < -0.39 is 0 Å². The number of rotatable bonds is 8. The first kappa shape index (κ1) is 46.0. The summed E-state index contributed by atoms with van der Waals surface area (Å²) in [5.41, 5.74) is 24.0. The second-order valence-electron chi connectivity index (χ2n) is 21.7. The van der Waals surface area contributed by atoms with Gasteiger partial charge in [-0.15, -0.1) is 0 Å². The fourth-order valence-corrected chi connectivity index (χ4v) is 13.1. The van der Waals surface area contributed by atoms with Crippen LogP contribution >= 0.6 is 0 Å². The van der Waals surface area contributed by atoms with Gasteiger partial charge in [0.15, 0.2) is 0 Å². The van der Waals surface area contributed by atoms with Gasteiger partial charge in [0.25, 0.3) is 0 Å². The highest BCUT2D eigenvalue weighted by Gasteiger charge is 2.20. The molecule has 4 aromatic heterocycles. The van der Waals surface area contributed by atoms with E-state index in [4.69, 9.17) is 4.42 Å². The molecule has 17 rings (SSSR count). The number of para-hydroxylation sites is 3. The van der Waals surface area contributed by atoms with Crippen molar-refractivity contribution in [2.75, 3.05) is 0 Å². The zero-order valence-electron chi connectivity index (χ0n) is 44.5. The predicted molar refractivity (Wildman–Crippen MR) is 344 cm³/mol. The molecule has 4 nitrogen and oxygen atoms in total. The summed E-state index contributed by atoms with van der Waals surface area (Å²) in [5, 5.41) is 9.48. The van der Waals surface area contributed by atoms with E-state index in [1.165, 1.54) is 98.9 Å². The highest BCUT2D eigenvalue weighted by molar-refractivity contribution is 6.15. The first-order valence-corrected chi connectivity index (χ1v) is 28.1. The van der Waals surface area contributed by atoms with Crippen molar-refractivity contribution in [3.63, 3.8) is 0 Å². The second kappa shape index (κ2) is 18.3. The molecule has 0 bridgehead atoms. The minimum Gasteiger partial charge on any atom is -0.456 e. The van der Waals surface area contributed by atoms with Crippen LogP contribution in [0.1, 0.15) is 0 Å². The largest absolute Gasteiger partial charge is 0.456 e. The molecule has 0 radical (unpaired) electrons. The fourth-order valence-electron chi connectivity index (χ4n) is 13.1. The van der Waals surface area contributed by atoms with Gasteiger partial charge in [-0.25, -0.2) is 0 Å². The van der Waals surface area contributed by atoms with Crippen molar-refractivity contribution in [1.29, 1.82) is 0 Å². The molecule has 0 unspecified atom stereocenters. The van der Waals surface area contributed by atoms with Crippen LogP contribution in [0.25, 0.3) is 160 Å². The molecule has 13 aromatic carbocycles. The lowest BCUT2D eigenvalue weighted by Crippen LogP contribution is -1.95. The minimum atomic E-state index is 0.864. The summed E-state index contributed by atoms with van der Waals surface area (Å²) in [5.74, 6) is 0. The Morgan fingerprint density at radius 2 is 0.476 bits per heavy atom. The van der Waals surface area contributed by atoms with Crippen molar-refractivity contribution in [2.45, 2.75) is 0 Å². The van der Waals surface area contributed by atoms with E-state index in [-0.39, 0.29) is 0 Å². The molecule has 17 aromatic rings. The summed E-state index contributed by atoms with van der Waals surface area (Å²) in [6.07, 6.45) is 0. The molecule has 0 saturated carbocycles. The van der Waals surface area contributed by atoms with E-state index in [1.54, 1.807) is 0 Å². The van der Waals surface area contributed by atoms with Crippen LogP contribution in [0.4, 0.5) is 0 Å². The Morgan fingerprint density at radius 1 is 0.171 bits per heavy atom. The van der Waals surface area contributed by atoms with Gasteiger partial charge in [-0.2, -0.15) is 0 Å². The van der Waals surface area contributed by atoms with Crippen LogP contribution in [0.2, 0.25) is 0 Å². The lowest BCUT2D eigenvalue weighted by atomic mass is 9.95. The Hall–Kier alpha value is -10.9. The second-order valence-corrected chi connectivity index (χ2v) is 21.7. The van der Waals surface area contributed by atoms with Gasteiger partial charge in [0.05, 0.1) is 33.1 Å². The molecule has 0 aliphatic heterocycles. The summed E-state index contributed by atoms with van der Waals surface area (Å²) in [6, 6.07) is 108. The summed E-state index contributed by atoms with van der Waals surface area (Å²) in [4.78, 5) is 0. The number of hydrogen-bond donors (Lipinski definition) is 0. The summed E-state index contributed by atoms with van der Waals surface area (Å²) in [7, 11) is 0. The Kier molecular flexibility index (Phi) is 10.3. The third kappa shape index (κ3) is 7.32. The van der Waals surface area contributed by atoms with E-state index in [2.05, 4.69) is 311 Å². The van der Waals surface area contributed by atoms with Crippen molar-refractivity contribution in [2.24, 2.45) is 0 Å². The quantitative estimate of drug-likeness (QED) is 0.149. The van der Waals surface area contributed by atoms with Gasteiger partial charge in [0.2, 0.25) is 0 Å². The average molecular weight is 1040 g/mol. The van der Waals surface area contributed by atoms with Gasteiger partial charge in [-0.05, 0) is 177 Å². The van der Waals surface area contributed by atoms with Gasteiger partial charge in [-0.1, -0.05) is 176 Å². The molecule has 0 fully saturated rings. The average Bonchev–Trinajstić information content (AvgIpc) is 4.46. The van der Waals surface area contributed by atoms with Crippen LogP contribution in [0.3, 0.4) is 0 Å². The number of fused-ring (bicyclic) bond motifs is 12. The molecule has 0 aliphatic rings. The van der Waals surface area contributed by atoms with Gasteiger partial charge in [0, 0.05) is 60.2 Å². The molecule has 0 aliphatic carbocycles. The molecule has 4 heterocycles. The smallest absolute Gasteiger partial charge is 0.135 e. The maximum atomic E-state index is 6.63. The van der Waals surface area contributed by atoms with E-state index in [0.717, 1.165) is 61.2 Å². The Labute approximate surface area is 472 Å². The van der Waals surface area contributed by atoms with Crippen LogP contribution in [0.5, 0.6) is 0 Å². The van der Waals surface area contributed by atoms with Gasteiger partial charge in [0.1, 0.15) is 11.2 Å². The van der Waals surface area contributed by atoms with Crippen molar-refractivity contribution in [3.8, 4) is 72.7 Å². The highest BCUT2D eigenvalue weighted by Crippen LogP contribution is 2.43. The molecule has 0 spiro atoms. The highest BCUT2D eigenvalue weighted by atomic mass is 16.3. The van der Waals surface area contributed by atoms with Crippen molar-refractivity contribution >= 4 is 87.4 Å². The maximum Gasteiger partial charge on any atom is 0.135 e. The Balaban J connectivity index is 0.768. The third-order valence-corrected chi connectivity index (χ3v) is 17.0. The zero-order valence-corrected chi connectivity index (χ0v) is 44.5. The third-order valence-electron chi connectivity index (χ3n) is 17.0. The summed E-state index contributed by atoms with van der Waals surface area (Å²) in [6.45, 7) is 0. The first-order chi connectivity index (χ1) is 40.6. The normalized spacial score (nSPS) is 11.9. The van der Waals surface area contributed by atoms with Crippen LogP contribution < -0.4 is 0 Å². The molecule has 82 heavy (non-hydrogen) atoms. The van der Waals surface area contributed by atoms with Crippen LogP contribution in [-0.2, 0) is 0 Å². The lowest BCUT2D eigenvalue weighted by molar-refractivity contribution is 0.669. The number of benzene rings is 13. The lowest BCUT2D eigenvalue weighted by Gasteiger charge is -2.11. The predicted octanol–water partition coefficient (Wildman–Crippen LogP) is 21.2. The molecule has 0 saturated heterocycles. The van der Waals surface area contributed by atoms with Crippen LogP contribution in [0.15, 0.2) is 302 Å². The van der Waals surface area contributed by atoms with Crippen LogP contribution in [0, 0.1) is 0 Å². The van der Waals surface area contributed by atoms with E-state index in [9.17, 15) is 0 Å². The number of furan rings is 1. The standard InChI is InChI=1S/C78H49N3O/c1-4-16-50(17-5-1)52-20-14-21-53(42-52)54-22-15-23-55(43-54)57-31-37-74-66(45-57)67-46-58(32-38-75(67)79(74)60-24-8-3-9-25-60)59-33-40-77-69(47-59)70-49-62(35-41-78(70)82-77)81-72-29-13-11-27-64(72)68-48-61(34-39-76(68)81)80-71-28-12-10-26-63(71)65-44-56(30-36-73(65)80)51-18-6-2-7-19-51/h1-49H. The van der Waals surface area contributed by atoms with Crippen molar-refractivity contribution in [3.05, 3.63) is 297 Å². The minimum absolute atomic E-state index is 0.864. The number of nitrogens with zero attached hydrogens (tertiary/aromatic N) is 3. The topological polar surface area (TPSA) is 27.9 Å². The van der Waals surface area contributed by atoms with Gasteiger partial charge >= 0.3 is 0 Å². The van der Waals surface area contributed by atoms with Gasteiger partial charge in [-0.3, -0.25) is 0 Å². The maximum absolute atomic E-state index is 6.63. The van der Waals surface area contributed by atoms with Crippen molar-refractivity contribution in [1.82, 2.24) is 13.7 Å². The molecule has 4 heteroatoms. The van der Waals surface area contributed by atoms with E-state index in [1.807, 2.05) is 0 Å². The zero-order chi connectivity index (χ0) is 53.8. The van der Waals surface area contributed by atoms with Crippen molar-refractivity contribution < 1.29 is 4.42 Å².